The highest BCUT2D eigenvalue weighted by atomic mass is 16.5. The minimum Gasteiger partial charge on any atom is -0.492 e. The molecule has 8 heteroatoms. The Balaban J connectivity index is 1.71. The van der Waals surface area contributed by atoms with E-state index in [1.165, 1.54) is 11.7 Å². The van der Waals surface area contributed by atoms with Crippen molar-refractivity contribution in [2.75, 3.05) is 11.9 Å². The fraction of sp³-hybridized carbons (Fsp3) is 0.304. The van der Waals surface area contributed by atoms with Gasteiger partial charge < -0.3 is 14.8 Å². The summed E-state index contributed by atoms with van der Waals surface area (Å²) in [6.45, 7) is 9.45. The molecular weight excluding hydrogens is 396 g/mol. The normalized spacial score (nSPS) is 11.6. The van der Waals surface area contributed by atoms with Gasteiger partial charge in [-0.2, -0.15) is 9.90 Å². The number of anilines is 1. The molecule has 8 nitrogen and oxygen atoms in total. The van der Waals surface area contributed by atoms with Crippen LogP contribution in [-0.2, 0) is 9.53 Å². The van der Waals surface area contributed by atoms with Crippen molar-refractivity contribution in [3.63, 3.8) is 0 Å². The lowest BCUT2D eigenvalue weighted by Gasteiger charge is -2.15. The lowest BCUT2D eigenvalue weighted by atomic mass is 10.1. The van der Waals surface area contributed by atoms with Gasteiger partial charge in [0.15, 0.2) is 11.8 Å². The zero-order valence-corrected chi connectivity index (χ0v) is 18.3. The molecule has 1 amide bonds. The number of nitrogens with one attached hydrogen (secondary N) is 1. The van der Waals surface area contributed by atoms with Gasteiger partial charge in [0.1, 0.15) is 5.75 Å². The van der Waals surface area contributed by atoms with Gasteiger partial charge in [-0.1, -0.05) is 29.8 Å². The number of hydrogen-bond donors (Lipinski definition) is 1. The number of ether oxygens (including phenoxy) is 2. The van der Waals surface area contributed by atoms with Crippen molar-refractivity contribution < 1.29 is 19.1 Å². The minimum absolute atomic E-state index is 0.0642. The number of carbonyl (C=O) groups is 2. The predicted molar refractivity (Wildman–Crippen MR) is 117 cm³/mol. The summed E-state index contributed by atoms with van der Waals surface area (Å²) < 4.78 is 10.8. The van der Waals surface area contributed by atoms with Crippen LogP contribution in [0.25, 0.3) is 5.69 Å². The Morgan fingerprint density at radius 3 is 2.55 bits per heavy atom. The molecule has 162 valence electrons. The monoisotopic (exact) mass is 422 g/mol. The Labute approximate surface area is 181 Å². The van der Waals surface area contributed by atoms with Gasteiger partial charge >= 0.3 is 5.97 Å². The molecule has 0 saturated heterocycles. The van der Waals surface area contributed by atoms with Crippen LogP contribution in [-0.4, -0.2) is 39.6 Å². The standard InChI is InChI=1S/C23H26N4O4/c1-6-30-20-10-8-7-9-18(20)24-22(28)17(5)31-23(29)21-16(4)25-27(26-21)19-12-11-14(2)13-15(19)3/h7-13,17H,6H2,1-5H3,(H,24,28)/t17-/m0/s1. The van der Waals surface area contributed by atoms with Gasteiger partial charge in [0.2, 0.25) is 0 Å². The number of amides is 1. The van der Waals surface area contributed by atoms with Gasteiger partial charge in [-0.25, -0.2) is 4.79 Å². The van der Waals surface area contributed by atoms with E-state index >= 15 is 0 Å². The quantitative estimate of drug-likeness (QED) is 0.582. The third-order valence-electron chi connectivity index (χ3n) is 4.64. The maximum atomic E-state index is 12.6. The Morgan fingerprint density at radius 2 is 1.84 bits per heavy atom. The number of aromatic nitrogens is 3. The number of benzene rings is 2. The maximum absolute atomic E-state index is 12.6. The number of nitrogens with zero attached hydrogens (tertiary/aromatic N) is 3. The van der Waals surface area contributed by atoms with Crippen LogP contribution in [0.4, 0.5) is 5.69 Å². The first-order chi connectivity index (χ1) is 14.8. The summed E-state index contributed by atoms with van der Waals surface area (Å²) in [4.78, 5) is 26.6. The summed E-state index contributed by atoms with van der Waals surface area (Å²) in [6.07, 6.45) is -1.03. The molecule has 1 aromatic heterocycles. The minimum atomic E-state index is -1.03. The number of carbonyl (C=O) groups excluding carboxylic acids is 2. The third-order valence-corrected chi connectivity index (χ3v) is 4.64. The average molecular weight is 422 g/mol. The van der Waals surface area contributed by atoms with Gasteiger partial charge in [0, 0.05) is 0 Å². The van der Waals surface area contributed by atoms with Crippen LogP contribution in [0.3, 0.4) is 0 Å². The molecule has 1 heterocycles. The molecular formula is C23H26N4O4. The van der Waals surface area contributed by atoms with Crippen molar-refractivity contribution in [2.24, 2.45) is 0 Å². The van der Waals surface area contributed by atoms with E-state index in [9.17, 15) is 9.59 Å². The molecule has 3 rings (SSSR count). The van der Waals surface area contributed by atoms with Gasteiger partial charge in [-0.05, 0) is 58.4 Å². The van der Waals surface area contributed by atoms with E-state index in [0.29, 0.717) is 23.7 Å². The van der Waals surface area contributed by atoms with E-state index in [0.717, 1.165) is 16.8 Å². The summed E-state index contributed by atoms with van der Waals surface area (Å²) in [5.74, 6) is -0.640. The lowest BCUT2D eigenvalue weighted by Crippen LogP contribution is -2.30. The summed E-state index contributed by atoms with van der Waals surface area (Å²) in [6, 6.07) is 12.9. The third kappa shape index (κ3) is 5.09. The molecule has 0 fully saturated rings. The fourth-order valence-corrected chi connectivity index (χ4v) is 3.06. The van der Waals surface area contributed by atoms with Crippen molar-refractivity contribution in [3.8, 4) is 11.4 Å². The van der Waals surface area contributed by atoms with E-state index in [1.807, 2.05) is 45.0 Å². The fourth-order valence-electron chi connectivity index (χ4n) is 3.06. The number of rotatable bonds is 7. The number of aryl methyl sites for hydroxylation is 3. The van der Waals surface area contributed by atoms with Crippen molar-refractivity contribution >= 4 is 17.6 Å². The van der Waals surface area contributed by atoms with E-state index in [-0.39, 0.29) is 5.69 Å². The van der Waals surface area contributed by atoms with Crippen LogP contribution in [0.2, 0.25) is 0 Å². The SMILES string of the molecule is CCOc1ccccc1NC(=O)[C@H](C)OC(=O)c1nn(-c2ccc(C)cc2C)nc1C. The van der Waals surface area contributed by atoms with Gasteiger partial charge in [0.25, 0.3) is 5.91 Å². The molecule has 0 unspecified atom stereocenters. The van der Waals surface area contributed by atoms with Crippen LogP contribution in [0.5, 0.6) is 5.75 Å². The Hall–Kier alpha value is -3.68. The summed E-state index contributed by atoms with van der Waals surface area (Å²) >= 11 is 0. The molecule has 0 radical (unpaired) electrons. The Morgan fingerprint density at radius 1 is 1.10 bits per heavy atom. The first kappa shape index (κ1) is 22.0. The second kappa shape index (κ2) is 9.42. The molecule has 0 bridgehead atoms. The Bertz CT molecular complexity index is 1110. The van der Waals surface area contributed by atoms with Gasteiger partial charge in [0.05, 0.1) is 23.7 Å². The van der Waals surface area contributed by atoms with E-state index in [1.54, 1.807) is 25.1 Å². The molecule has 0 spiro atoms. The number of para-hydroxylation sites is 2. The maximum Gasteiger partial charge on any atom is 0.361 e. The first-order valence-electron chi connectivity index (χ1n) is 10.1. The second-order valence-corrected chi connectivity index (χ2v) is 7.18. The van der Waals surface area contributed by atoms with E-state index < -0.39 is 18.0 Å². The van der Waals surface area contributed by atoms with E-state index in [2.05, 4.69) is 15.5 Å². The molecule has 3 aromatic rings. The highest BCUT2D eigenvalue weighted by Crippen LogP contribution is 2.24. The Kier molecular flexibility index (Phi) is 6.69. The predicted octanol–water partition coefficient (Wildman–Crippen LogP) is 3.78. The molecule has 0 aliphatic rings. The highest BCUT2D eigenvalue weighted by Gasteiger charge is 2.24. The van der Waals surface area contributed by atoms with Crippen LogP contribution < -0.4 is 10.1 Å². The number of esters is 1. The van der Waals surface area contributed by atoms with E-state index in [4.69, 9.17) is 9.47 Å². The van der Waals surface area contributed by atoms with Crippen molar-refractivity contribution in [1.82, 2.24) is 15.0 Å². The summed E-state index contributed by atoms with van der Waals surface area (Å²) in [7, 11) is 0. The smallest absolute Gasteiger partial charge is 0.361 e. The zero-order chi connectivity index (χ0) is 22.5. The van der Waals surface area contributed by atoms with Crippen molar-refractivity contribution in [1.29, 1.82) is 0 Å². The zero-order valence-electron chi connectivity index (χ0n) is 18.3. The van der Waals surface area contributed by atoms with Crippen LogP contribution in [0.1, 0.15) is 41.2 Å². The average Bonchev–Trinajstić information content (AvgIpc) is 3.11. The second-order valence-electron chi connectivity index (χ2n) is 7.18. The van der Waals surface area contributed by atoms with Crippen LogP contribution >= 0.6 is 0 Å². The largest absolute Gasteiger partial charge is 0.492 e. The molecule has 0 saturated carbocycles. The van der Waals surface area contributed by atoms with Crippen molar-refractivity contribution in [2.45, 2.75) is 40.7 Å². The lowest BCUT2D eigenvalue weighted by molar-refractivity contribution is -0.123. The molecule has 2 aromatic carbocycles. The topological polar surface area (TPSA) is 95.3 Å². The summed E-state index contributed by atoms with van der Waals surface area (Å²) in [5, 5.41) is 11.3. The van der Waals surface area contributed by atoms with Gasteiger partial charge in [-0.15, -0.1) is 5.10 Å². The highest BCUT2D eigenvalue weighted by molar-refractivity contribution is 5.97. The molecule has 31 heavy (non-hydrogen) atoms. The molecule has 1 N–H and O–H groups in total. The van der Waals surface area contributed by atoms with Crippen molar-refractivity contribution in [3.05, 3.63) is 65.0 Å². The summed E-state index contributed by atoms with van der Waals surface area (Å²) in [5.41, 5.74) is 3.86. The van der Waals surface area contributed by atoms with Crippen LogP contribution in [0, 0.1) is 20.8 Å². The van der Waals surface area contributed by atoms with Gasteiger partial charge in [-0.3, -0.25) is 4.79 Å². The molecule has 0 aliphatic heterocycles. The first-order valence-corrected chi connectivity index (χ1v) is 10.1. The molecule has 1 atom stereocenters. The van der Waals surface area contributed by atoms with Crippen LogP contribution in [0.15, 0.2) is 42.5 Å². The molecule has 0 aliphatic carbocycles. The number of hydrogen-bond acceptors (Lipinski definition) is 6.